The normalized spacial score (nSPS) is 11.0. The minimum absolute atomic E-state index is 0.563. The van der Waals surface area contributed by atoms with Gasteiger partial charge in [-0.3, -0.25) is 4.99 Å². The largest absolute Gasteiger partial charge is 0.379 e. The van der Waals surface area contributed by atoms with Crippen LogP contribution in [0.1, 0.15) is 11.1 Å². The molecule has 0 saturated heterocycles. The topological polar surface area (TPSA) is 21.6 Å². The molecule has 0 heterocycles. The van der Waals surface area contributed by atoms with Crippen molar-refractivity contribution in [3.63, 3.8) is 0 Å². The number of hydrogen-bond donors (Lipinski definition) is 0. The Morgan fingerprint density at radius 3 is 2.85 bits per heavy atom. The highest BCUT2D eigenvalue weighted by molar-refractivity contribution is 5.66. The Morgan fingerprint density at radius 1 is 1.38 bits per heavy atom. The summed E-state index contributed by atoms with van der Waals surface area (Å²) in [4.78, 5) is 4.31. The molecule has 0 radical (unpaired) electrons. The van der Waals surface area contributed by atoms with E-state index in [1.165, 1.54) is 11.1 Å². The molecule has 0 N–H and O–H groups in total. The second kappa shape index (κ2) is 4.77. The quantitative estimate of drug-likeness (QED) is 0.650. The van der Waals surface area contributed by atoms with E-state index in [-0.39, 0.29) is 0 Å². The van der Waals surface area contributed by atoms with E-state index in [0.29, 0.717) is 6.61 Å². The van der Waals surface area contributed by atoms with Gasteiger partial charge in [0.05, 0.1) is 12.3 Å². The number of hydrogen-bond acceptors (Lipinski definition) is 2. The minimum Gasteiger partial charge on any atom is -0.379 e. The van der Waals surface area contributed by atoms with Gasteiger partial charge in [-0.1, -0.05) is 12.1 Å². The molecule has 1 rings (SSSR count). The highest BCUT2D eigenvalue weighted by Gasteiger charge is 1.96. The summed E-state index contributed by atoms with van der Waals surface area (Å²) < 4.78 is 4.88. The number of methoxy groups -OCH3 is 1. The molecule has 0 spiro atoms. The molecule has 0 aliphatic heterocycles. The van der Waals surface area contributed by atoms with Crippen LogP contribution in [0, 0.1) is 13.8 Å². The summed E-state index contributed by atoms with van der Waals surface area (Å²) in [5, 5.41) is 0. The average molecular weight is 177 g/mol. The van der Waals surface area contributed by atoms with Gasteiger partial charge in [-0.15, -0.1) is 0 Å². The van der Waals surface area contributed by atoms with Crippen LogP contribution in [0.2, 0.25) is 0 Å². The summed E-state index contributed by atoms with van der Waals surface area (Å²) in [5.74, 6) is 0. The van der Waals surface area contributed by atoms with Gasteiger partial charge in [0.15, 0.2) is 0 Å². The third kappa shape index (κ3) is 2.67. The fraction of sp³-hybridized carbons (Fsp3) is 0.364. The molecule has 0 atom stereocenters. The van der Waals surface area contributed by atoms with Crippen LogP contribution in [-0.4, -0.2) is 19.9 Å². The number of nitrogens with zero attached hydrogens (tertiary/aromatic N) is 1. The van der Waals surface area contributed by atoms with Crippen molar-refractivity contribution in [2.75, 3.05) is 13.7 Å². The van der Waals surface area contributed by atoms with Gasteiger partial charge in [-0.05, 0) is 31.0 Å². The van der Waals surface area contributed by atoms with Gasteiger partial charge in [0.1, 0.15) is 0 Å². The zero-order chi connectivity index (χ0) is 9.68. The van der Waals surface area contributed by atoms with Crippen LogP contribution < -0.4 is 0 Å². The zero-order valence-electron chi connectivity index (χ0n) is 8.37. The summed E-state index contributed by atoms with van der Waals surface area (Å²) >= 11 is 0. The van der Waals surface area contributed by atoms with Gasteiger partial charge < -0.3 is 4.74 Å². The van der Waals surface area contributed by atoms with Crippen molar-refractivity contribution < 1.29 is 4.74 Å². The zero-order valence-corrected chi connectivity index (χ0v) is 8.37. The highest BCUT2D eigenvalue weighted by Crippen LogP contribution is 2.20. The Balaban J connectivity index is 2.83. The van der Waals surface area contributed by atoms with Gasteiger partial charge >= 0.3 is 0 Å². The Hall–Kier alpha value is -1.15. The maximum absolute atomic E-state index is 4.88. The van der Waals surface area contributed by atoms with Crippen molar-refractivity contribution in [2.24, 2.45) is 4.99 Å². The number of aliphatic imine (C=N–C) groups is 1. The molecule has 13 heavy (non-hydrogen) atoms. The van der Waals surface area contributed by atoms with Crippen LogP contribution in [0.3, 0.4) is 0 Å². The Morgan fingerprint density at radius 2 is 2.15 bits per heavy atom. The Labute approximate surface area is 79.3 Å². The van der Waals surface area contributed by atoms with Crippen LogP contribution in [0.4, 0.5) is 5.69 Å². The fourth-order valence-corrected chi connectivity index (χ4v) is 1.09. The van der Waals surface area contributed by atoms with Gasteiger partial charge in [0, 0.05) is 13.3 Å². The smallest absolute Gasteiger partial charge is 0.0815 e. The van der Waals surface area contributed by atoms with E-state index in [4.69, 9.17) is 4.74 Å². The van der Waals surface area contributed by atoms with Crippen molar-refractivity contribution in [2.45, 2.75) is 13.8 Å². The predicted molar refractivity (Wildman–Crippen MR) is 55.9 cm³/mol. The summed E-state index contributed by atoms with van der Waals surface area (Å²) in [5.41, 5.74) is 3.53. The molecule has 2 nitrogen and oxygen atoms in total. The molecule has 0 aliphatic carbocycles. The van der Waals surface area contributed by atoms with Crippen molar-refractivity contribution >= 4 is 11.9 Å². The Kier molecular flexibility index (Phi) is 3.65. The second-order valence-electron chi connectivity index (χ2n) is 2.99. The Bertz CT molecular complexity index is 305. The molecule has 0 fully saturated rings. The van der Waals surface area contributed by atoms with Crippen LogP contribution in [0.15, 0.2) is 23.2 Å². The van der Waals surface area contributed by atoms with E-state index >= 15 is 0 Å². The molecular weight excluding hydrogens is 162 g/mol. The molecular formula is C11H15NO. The molecule has 70 valence electrons. The monoisotopic (exact) mass is 177 g/mol. The fourth-order valence-electron chi connectivity index (χ4n) is 1.09. The number of ether oxygens (including phenoxy) is 1. The van der Waals surface area contributed by atoms with Crippen molar-refractivity contribution in [3.05, 3.63) is 29.3 Å². The van der Waals surface area contributed by atoms with Crippen molar-refractivity contribution in [1.82, 2.24) is 0 Å². The molecule has 0 amide bonds. The predicted octanol–water partition coefficient (Wildman–Crippen LogP) is 2.65. The third-order valence-corrected chi connectivity index (χ3v) is 2.05. The van der Waals surface area contributed by atoms with Crippen LogP contribution in [0.5, 0.6) is 0 Å². The van der Waals surface area contributed by atoms with Crippen molar-refractivity contribution in [1.29, 1.82) is 0 Å². The van der Waals surface area contributed by atoms with E-state index in [9.17, 15) is 0 Å². The first kappa shape index (κ1) is 9.93. The first-order chi connectivity index (χ1) is 6.25. The molecule has 1 aromatic rings. The summed E-state index contributed by atoms with van der Waals surface area (Å²) in [6, 6.07) is 6.11. The molecule has 0 unspecified atom stereocenters. The standard InChI is InChI=1S/C11H15NO/c1-9-5-4-6-11(10(9)2)12-7-8-13-3/h4-7H,8H2,1-3H3. The van der Waals surface area contributed by atoms with E-state index in [1.807, 2.05) is 12.1 Å². The second-order valence-corrected chi connectivity index (χ2v) is 2.99. The lowest BCUT2D eigenvalue weighted by molar-refractivity contribution is 0.248. The van der Waals surface area contributed by atoms with Gasteiger partial charge in [0.25, 0.3) is 0 Å². The molecule has 0 aromatic heterocycles. The SMILES string of the molecule is COCC=Nc1cccc(C)c1C. The van der Waals surface area contributed by atoms with Gasteiger partial charge in [0.2, 0.25) is 0 Å². The van der Waals surface area contributed by atoms with E-state index < -0.39 is 0 Å². The maximum atomic E-state index is 4.88. The molecule has 2 heteroatoms. The average Bonchev–Trinajstić information content (AvgIpc) is 2.13. The van der Waals surface area contributed by atoms with Crippen LogP contribution >= 0.6 is 0 Å². The third-order valence-electron chi connectivity index (χ3n) is 2.05. The summed E-state index contributed by atoms with van der Waals surface area (Å²) in [6.45, 7) is 4.73. The number of benzene rings is 1. The summed E-state index contributed by atoms with van der Waals surface area (Å²) in [6.07, 6.45) is 1.78. The first-order valence-corrected chi connectivity index (χ1v) is 4.33. The highest BCUT2D eigenvalue weighted by atomic mass is 16.5. The minimum atomic E-state index is 0.563. The van der Waals surface area contributed by atoms with Crippen molar-refractivity contribution in [3.8, 4) is 0 Å². The first-order valence-electron chi connectivity index (χ1n) is 4.33. The number of aryl methyl sites for hydroxylation is 1. The number of rotatable bonds is 3. The van der Waals surface area contributed by atoms with E-state index in [1.54, 1.807) is 13.3 Å². The van der Waals surface area contributed by atoms with Gasteiger partial charge in [-0.2, -0.15) is 0 Å². The summed E-state index contributed by atoms with van der Waals surface area (Å²) in [7, 11) is 1.66. The lowest BCUT2D eigenvalue weighted by atomic mass is 10.1. The van der Waals surface area contributed by atoms with Crippen LogP contribution in [-0.2, 0) is 4.74 Å². The van der Waals surface area contributed by atoms with E-state index in [2.05, 4.69) is 24.9 Å². The lowest BCUT2D eigenvalue weighted by Gasteiger charge is -2.02. The molecule has 0 bridgehead atoms. The molecule has 1 aromatic carbocycles. The molecule has 0 aliphatic rings. The lowest BCUT2D eigenvalue weighted by Crippen LogP contribution is -1.88. The maximum Gasteiger partial charge on any atom is 0.0815 e. The van der Waals surface area contributed by atoms with E-state index in [0.717, 1.165) is 5.69 Å². The molecule has 0 saturated carbocycles. The van der Waals surface area contributed by atoms with Crippen LogP contribution in [0.25, 0.3) is 0 Å². The van der Waals surface area contributed by atoms with Gasteiger partial charge in [-0.25, -0.2) is 0 Å².